The fourth-order valence-electron chi connectivity index (χ4n) is 4.71. The van der Waals surface area contributed by atoms with Crippen molar-refractivity contribution in [3.63, 3.8) is 0 Å². The number of ether oxygens (including phenoxy) is 1. The number of alkyl halides is 2. The van der Waals surface area contributed by atoms with Gasteiger partial charge in [0, 0.05) is 31.7 Å². The van der Waals surface area contributed by atoms with E-state index in [0.717, 1.165) is 24.6 Å². The second-order valence-corrected chi connectivity index (χ2v) is 8.23. The van der Waals surface area contributed by atoms with Crippen molar-refractivity contribution in [3.05, 3.63) is 29.8 Å². The summed E-state index contributed by atoms with van der Waals surface area (Å²) in [5, 5.41) is 0. The minimum Gasteiger partial charge on any atom is -0.434 e. The molecule has 1 spiro atoms. The van der Waals surface area contributed by atoms with E-state index in [2.05, 4.69) is 9.80 Å². The number of benzene rings is 1. The molecule has 2 aliphatic heterocycles. The molecule has 4 rings (SSSR count). The summed E-state index contributed by atoms with van der Waals surface area (Å²) in [6.07, 6.45) is 6.66. The second kappa shape index (κ2) is 7.20. The number of piperidine rings is 1. The minimum atomic E-state index is -2.76. The van der Waals surface area contributed by atoms with Crippen LogP contribution in [0, 0.1) is 11.3 Å². The highest BCUT2D eigenvalue weighted by Gasteiger charge is 2.42. The van der Waals surface area contributed by atoms with Crippen molar-refractivity contribution < 1.29 is 13.5 Å². The van der Waals surface area contributed by atoms with E-state index in [0.29, 0.717) is 17.7 Å². The Labute approximate surface area is 148 Å². The Balaban J connectivity index is 1.37. The van der Waals surface area contributed by atoms with Gasteiger partial charge in [-0.15, -0.1) is 0 Å². The van der Waals surface area contributed by atoms with Gasteiger partial charge in [-0.25, -0.2) is 0 Å². The molecule has 1 aliphatic carbocycles. The van der Waals surface area contributed by atoms with Gasteiger partial charge < -0.3 is 9.64 Å². The molecule has 1 saturated carbocycles. The summed E-state index contributed by atoms with van der Waals surface area (Å²) in [7, 11) is 0. The van der Waals surface area contributed by atoms with Crippen LogP contribution in [0.3, 0.4) is 0 Å². The lowest BCUT2D eigenvalue weighted by Gasteiger charge is -2.40. The van der Waals surface area contributed by atoms with Crippen molar-refractivity contribution in [1.29, 1.82) is 0 Å². The van der Waals surface area contributed by atoms with E-state index in [9.17, 15) is 8.78 Å². The smallest absolute Gasteiger partial charge is 0.387 e. The molecule has 25 heavy (non-hydrogen) atoms. The molecule has 3 aliphatic rings. The molecule has 1 aromatic carbocycles. The Morgan fingerprint density at radius 3 is 2.68 bits per heavy atom. The predicted molar refractivity (Wildman–Crippen MR) is 93.8 cm³/mol. The Morgan fingerprint density at radius 1 is 1.08 bits per heavy atom. The van der Waals surface area contributed by atoms with Gasteiger partial charge in [-0.2, -0.15) is 8.78 Å². The van der Waals surface area contributed by atoms with E-state index in [1.54, 1.807) is 12.1 Å². The van der Waals surface area contributed by atoms with Crippen LogP contribution >= 0.6 is 0 Å². The van der Waals surface area contributed by atoms with Crippen molar-refractivity contribution in [3.8, 4) is 5.75 Å². The van der Waals surface area contributed by atoms with E-state index in [4.69, 9.17) is 4.74 Å². The van der Waals surface area contributed by atoms with E-state index in [-0.39, 0.29) is 0 Å². The normalized spacial score (nSPS) is 28.1. The Morgan fingerprint density at radius 2 is 1.88 bits per heavy atom. The lowest BCUT2D eigenvalue weighted by Crippen LogP contribution is -2.45. The molecular formula is C20H28F2N2O. The molecule has 0 radical (unpaired) electrons. The van der Waals surface area contributed by atoms with Gasteiger partial charge in [0.2, 0.25) is 0 Å². The molecule has 138 valence electrons. The van der Waals surface area contributed by atoms with Crippen LogP contribution in [-0.4, -0.2) is 49.1 Å². The average molecular weight is 350 g/mol. The summed E-state index contributed by atoms with van der Waals surface area (Å²) >= 11 is 0. The van der Waals surface area contributed by atoms with Crippen LogP contribution in [0.25, 0.3) is 0 Å². The quantitative estimate of drug-likeness (QED) is 0.772. The fraction of sp³-hybridized carbons (Fsp3) is 0.700. The first kappa shape index (κ1) is 17.2. The van der Waals surface area contributed by atoms with Crippen LogP contribution < -0.4 is 4.74 Å². The van der Waals surface area contributed by atoms with Gasteiger partial charge in [-0.3, -0.25) is 4.90 Å². The third kappa shape index (κ3) is 4.32. The zero-order valence-electron chi connectivity index (χ0n) is 14.8. The highest BCUT2D eigenvalue weighted by atomic mass is 19.3. The van der Waals surface area contributed by atoms with Crippen molar-refractivity contribution in [2.24, 2.45) is 11.3 Å². The molecule has 3 nitrogen and oxygen atoms in total. The monoisotopic (exact) mass is 350 g/mol. The Kier molecular flexibility index (Phi) is 4.96. The SMILES string of the molecule is FC(F)Oc1ccccc1CN1CCC2(CCCN(CC3CC3)C2)C1. The first-order chi connectivity index (χ1) is 12.1. The van der Waals surface area contributed by atoms with E-state index in [1.165, 1.54) is 51.7 Å². The van der Waals surface area contributed by atoms with E-state index >= 15 is 0 Å². The maximum Gasteiger partial charge on any atom is 0.387 e. The standard InChI is InChI=1S/C20H28F2N2O/c21-19(22)25-18-5-2-1-4-17(18)13-24-11-9-20(15-24)8-3-10-23(14-20)12-16-6-7-16/h1-2,4-5,16,19H,3,6-15H2. The Hall–Kier alpha value is -1.20. The summed E-state index contributed by atoms with van der Waals surface area (Å²) in [6, 6.07) is 7.20. The second-order valence-electron chi connectivity index (χ2n) is 8.23. The zero-order chi connectivity index (χ0) is 17.3. The number of hydrogen-bond donors (Lipinski definition) is 0. The van der Waals surface area contributed by atoms with E-state index in [1.807, 2.05) is 12.1 Å². The molecule has 1 unspecified atom stereocenters. The van der Waals surface area contributed by atoms with Gasteiger partial charge in [0.25, 0.3) is 0 Å². The topological polar surface area (TPSA) is 15.7 Å². The van der Waals surface area contributed by atoms with Crippen LogP contribution in [0.2, 0.25) is 0 Å². The molecule has 0 N–H and O–H groups in total. The number of nitrogens with zero attached hydrogens (tertiary/aromatic N) is 2. The number of halogens is 2. The lowest BCUT2D eigenvalue weighted by molar-refractivity contribution is -0.0507. The Bertz CT molecular complexity index is 593. The molecule has 0 amide bonds. The lowest BCUT2D eigenvalue weighted by atomic mass is 9.79. The van der Waals surface area contributed by atoms with Gasteiger partial charge in [-0.1, -0.05) is 18.2 Å². The highest BCUT2D eigenvalue weighted by Crippen LogP contribution is 2.41. The molecule has 1 aromatic rings. The molecule has 0 bridgehead atoms. The predicted octanol–water partition coefficient (Wildman–Crippen LogP) is 3.99. The highest BCUT2D eigenvalue weighted by molar-refractivity contribution is 5.33. The number of para-hydroxylation sites is 1. The number of likely N-dealkylation sites (tertiary alicyclic amines) is 2. The summed E-state index contributed by atoms with van der Waals surface area (Å²) in [5.74, 6) is 1.27. The van der Waals surface area contributed by atoms with Crippen LogP contribution in [0.15, 0.2) is 24.3 Å². The van der Waals surface area contributed by atoms with Crippen LogP contribution in [-0.2, 0) is 6.54 Å². The van der Waals surface area contributed by atoms with Crippen LogP contribution in [0.5, 0.6) is 5.75 Å². The average Bonchev–Trinajstić information content (AvgIpc) is 3.31. The first-order valence-electron chi connectivity index (χ1n) is 9.59. The van der Waals surface area contributed by atoms with Crippen molar-refractivity contribution in [2.45, 2.75) is 45.3 Å². The first-order valence-corrected chi connectivity index (χ1v) is 9.59. The minimum absolute atomic E-state index is 0.317. The van der Waals surface area contributed by atoms with Gasteiger partial charge in [0.05, 0.1) is 0 Å². The van der Waals surface area contributed by atoms with Crippen LogP contribution in [0.1, 0.15) is 37.7 Å². The zero-order valence-corrected chi connectivity index (χ0v) is 14.8. The van der Waals surface area contributed by atoms with Crippen LogP contribution in [0.4, 0.5) is 8.78 Å². The molecule has 0 aromatic heterocycles. The maximum absolute atomic E-state index is 12.6. The van der Waals surface area contributed by atoms with Crippen molar-refractivity contribution in [2.75, 3.05) is 32.7 Å². The summed E-state index contributed by atoms with van der Waals surface area (Å²) in [6.45, 7) is 3.83. The summed E-state index contributed by atoms with van der Waals surface area (Å²) < 4.78 is 29.9. The molecule has 2 heterocycles. The summed E-state index contributed by atoms with van der Waals surface area (Å²) in [5.41, 5.74) is 1.27. The van der Waals surface area contributed by atoms with Gasteiger partial charge in [0.1, 0.15) is 5.75 Å². The van der Waals surface area contributed by atoms with Gasteiger partial charge in [-0.05, 0) is 62.6 Å². The number of hydrogen-bond acceptors (Lipinski definition) is 3. The third-order valence-electron chi connectivity index (χ3n) is 6.05. The third-order valence-corrected chi connectivity index (χ3v) is 6.05. The van der Waals surface area contributed by atoms with Crippen molar-refractivity contribution >= 4 is 0 Å². The number of rotatable bonds is 6. The molecule has 1 atom stereocenters. The molecular weight excluding hydrogens is 322 g/mol. The van der Waals surface area contributed by atoms with E-state index < -0.39 is 6.61 Å². The van der Waals surface area contributed by atoms with Gasteiger partial charge in [0.15, 0.2) is 0 Å². The largest absolute Gasteiger partial charge is 0.434 e. The summed E-state index contributed by atoms with van der Waals surface area (Å²) in [4.78, 5) is 5.10. The molecule has 5 heteroatoms. The molecule has 3 fully saturated rings. The maximum atomic E-state index is 12.6. The van der Waals surface area contributed by atoms with Crippen molar-refractivity contribution in [1.82, 2.24) is 9.80 Å². The molecule has 2 saturated heterocycles. The fourth-order valence-corrected chi connectivity index (χ4v) is 4.71. The van der Waals surface area contributed by atoms with Gasteiger partial charge >= 0.3 is 6.61 Å².